The lowest BCUT2D eigenvalue weighted by molar-refractivity contribution is 0.372. The SMILES string of the molecule is CCN(CC1CCNCC1)c1cc(OC)nc(C)n1. The molecule has 1 aliphatic heterocycles. The van der Waals surface area contributed by atoms with Crippen LogP contribution in [0.3, 0.4) is 0 Å². The Kier molecular flexibility index (Phi) is 4.96. The number of hydrogen-bond acceptors (Lipinski definition) is 5. The molecule has 2 heterocycles. The third-order valence-corrected chi connectivity index (χ3v) is 3.65. The molecule has 1 fully saturated rings. The minimum absolute atomic E-state index is 0.645. The molecule has 0 spiro atoms. The number of methoxy groups -OCH3 is 1. The molecule has 0 saturated carbocycles. The van der Waals surface area contributed by atoms with E-state index in [9.17, 15) is 0 Å². The van der Waals surface area contributed by atoms with E-state index in [2.05, 4.69) is 27.1 Å². The summed E-state index contributed by atoms with van der Waals surface area (Å²) >= 11 is 0. The van der Waals surface area contributed by atoms with Crippen LogP contribution in [-0.2, 0) is 0 Å². The minimum atomic E-state index is 0.645. The number of rotatable bonds is 5. The maximum atomic E-state index is 5.23. The molecule has 0 bridgehead atoms. The molecule has 106 valence electrons. The van der Waals surface area contributed by atoms with E-state index in [0.717, 1.165) is 43.7 Å². The first-order chi connectivity index (χ1) is 9.22. The Balaban J connectivity index is 2.09. The molecule has 0 atom stereocenters. The number of piperidine rings is 1. The third kappa shape index (κ3) is 3.80. The fourth-order valence-electron chi connectivity index (χ4n) is 2.55. The fourth-order valence-corrected chi connectivity index (χ4v) is 2.55. The fraction of sp³-hybridized carbons (Fsp3) is 0.714. The molecular formula is C14H24N4O. The van der Waals surface area contributed by atoms with Crippen LogP contribution in [0, 0.1) is 12.8 Å². The number of aryl methyl sites for hydroxylation is 1. The monoisotopic (exact) mass is 264 g/mol. The zero-order valence-electron chi connectivity index (χ0n) is 12.1. The van der Waals surface area contributed by atoms with Gasteiger partial charge in [0, 0.05) is 19.2 Å². The summed E-state index contributed by atoms with van der Waals surface area (Å²) in [6.07, 6.45) is 2.50. The van der Waals surface area contributed by atoms with E-state index in [1.165, 1.54) is 12.8 Å². The van der Waals surface area contributed by atoms with E-state index in [4.69, 9.17) is 4.74 Å². The Bertz CT molecular complexity index is 404. The van der Waals surface area contributed by atoms with Gasteiger partial charge >= 0.3 is 0 Å². The second kappa shape index (κ2) is 6.70. The summed E-state index contributed by atoms with van der Waals surface area (Å²) in [6.45, 7) is 8.37. The molecule has 19 heavy (non-hydrogen) atoms. The van der Waals surface area contributed by atoms with Gasteiger partial charge in [0.15, 0.2) is 0 Å². The summed E-state index contributed by atoms with van der Waals surface area (Å²) in [5.74, 6) is 3.14. The van der Waals surface area contributed by atoms with E-state index >= 15 is 0 Å². The molecule has 5 nitrogen and oxygen atoms in total. The van der Waals surface area contributed by atoms with Gasteiger partial charge in [-0.15, -0.1) is 0 Å². The molecule has 0 aromatic carbocycles. The summed E-state index contributed by atoms with van der Waals surface area (Å²) in [5.41, 5.74) is 0. The second-order valence-corrected chi connectivity index (χ2v) is 5.05. The molecule has 1 aliphatic rings. The van der Waals surface area contributed by atoms with Gasteiger partial charge in [0.1, 0.15) is 11.6 Å². The van der Waals surface area contributed by atoms with Crippen molar-refractivity contribution in [3.05, 3.63) is 11.9 Å². The predicted molar refractivity (Wildman–Crippen MR) is 76.8 cm³/mol. The largest absolute Gasteiger partial charge is 0.481 e. The number of nitrogens with one attached hydrogen (secondary N) is 1. The number of anilines is 1. The molecule has 0 aliphatic carbocycles. The first-order valence-corrected chi connectivity index (χ1v) is 7.08. The Hall–Kier alpha value is -1.36. The zero-order valence-corrected chi connectivity index (χ0v) is 12.1. The lowest BCUT2D eigenvalue weighted by atomic mass is 9.97. The van der Waals surface area contributed by atoms with Crippen molar-refractivity contribution in [2.24, 2.45) is 5.92 Å². The molecule has 1 aromatic heterocycles. The average Bonchev–Trinajstić information content (AvgIpc) is 2.45. The number of aromatic nitrogens is 2. The molecule has 0 amide bonds. The van der Waals surface area contributed by atoms with Gasteiger partial charge in [0.05, 0.1) is 7.11 Å². The van der Waals surface area contributed by atoms with E-state index in [-0.39, 0.29) is 0 Å². The van der Waals surface area contributed by atoms with Crippen LogP contribution in [0.1, 0.15) is 25.6 Å². The Morgan fingerprint density at radius 1 is 1.37 bits per heavy atom. The molecule has 2 rings (SSSR count). The molecule has 1 N–H and O–H groups in total. The highest BCUT2D eigenvalue weighted by Gasteiger charge is 2.18. The molecule has 1 saturated heterocycles. The highest BCUT2D eigenvalue weighted by atomic mass is 16.5. The summed E-state index contributed by atoms with van der Waals surface area (Å²) < 4.78 is 5.23. The maximum Gasteiger partial charge on any atom is 0.218 e. The van der Waals surface area contributed by atoms with Gasteiger partial charge in [0.25, 0.3) is 0 Å². The van der Waals surface area contributed by atoms with E-state index in [1.54, 1.807) is 7.11 Å². The van der Waals surface area contributed by atoms with Gasteiger partial charge in [-0.3, -0.25) is 0 Å². The van der Waals surface area contributed by atoms with Crippen LogP contribution in [0.4, 0.5) is 5.82 Å². The van der Waals surface area contributed by atoms with Crippen molar-refractivity contribution >= 4 is 5.82 Å². The molecule has 5 heteroatoms. The summed E-state index contributed by atoms with van der Waals surface area (Å²) in [5, 5.41) is 3.41. The summed E-state index contributed by atoms with van der Waals surface area (Å²) in [4.78, 5) is 11.1. The number of ether oxygens (including phenoxy) is 1. The van der Waals surface area contributed by atoms with Crippen molar-refractivity contribution in [2.45, 2.75) is 26.7 Å². The normalized spacial score (nSPS) is 16.4. The van der Waals surface area contributed by atoms with Crippen molar-refractivity contribution in [1.29, 1.82) is 0 Å². The van der Waals surface area contributed by atoms with Crippen LogP contribution in [-0.4, -0.2) is 43.3 Å². The molecule has 0 radical (unpaired) electrons. The van der Waals surface area contributed by atoms with Crippen LogP contribution in [0.15, 0.2) is 6.07 Å². The Morgan fingerprint density at radius 3 is 2.74 bits per heavy atom. The first-order valence-electron chi connectivity index (χ1n) is 7.08. The van der Waals surface area contributed by atoms with Gasteiger partial charge < -0.3 is 15.0 Å². The molecular weight excluding hydrogens is 240 g/mol. The zero-order chi connectivity index (χ0) is 13.7. The van der Waals surface area contributed by atoms with Crippen molar-refractivity contribution in [2.75, 3.05) is 38.2 Å². The standard InChI is InChI=1S/C14H24N4O/c1-4-18(10-12-5-7-15-8-6-12)13-9-14(19-3)17-11(2)16-13/h9,12,15H,4-8,10H2,1-3H3. The van der Waals surface area contributed by atoms with Crippen molar-refractivity contribution in [3.63, 3.8) is 0 Å². The first kappa shape index (κ1) is 14.1. The van der Waals surface area contributed by atoms with Crippen LogP contribution in [0.25, 0.3) is 0 Å². The van der Waals surface area contributed by atoms with Gasteiger partial charge in [-0.05, 0) is 45.7 Å². The topological polar surface area (TPSA) is 50.3 Å². The van der Waals surface area contributed by atoms with Crippen LogP contribution in [0.2, 0.25) is 0 Å². The van der Waals surface area contributed by atoms with Gasteiger partial charge in [-0.1, -0.05) is 0 Å². The highest BCUT2D eigenvalue weighted by molar-refractivity contribution is 5.41. The van der Waals surface area contributed by atoms with Crippen molar-refractivity contribution in [1.82, 2.24) is 15.3 Å². The van der Waals surface area contributed by atoms with Crippen molar-refractivity contribution in [3.8, 4) is 5.88 Å². The number of hydrogen-bond donors (Lipinski definition) is 1. The smallest absolute Gasteiger partial charge is 0.218 e. The highest BCUT2D eigenvalue weighted by Crippen LogP contribution is 2.21. The van der Waals surface area contributed by atoms with Crippen LogP contribution < -0.4 is 15.0 Å². The Labute approximate surface area is 115 Å². The van der Waals surface area contributed by atoms with E-state index in [0.29, 0.717) is 5.88 Å². The van der Waals surface area contributed by atoms with Gasteiger partial charge in [0.2, 0.25) is 5.88 Å². The average molecular weight is 264 g/mol. The minimum Gasteiger partial charge on any atom is -0.481 e. The van der Waals surface area contributed by atoms with Crippen molar-refractivity contribution < 1.29 is 4.74 Å². The Morgan fingerprint density at radius 2 is 2.11 bits per heavy atom. The maximum absolute atomic E-state index is 5.23. The molecule has 0 unspecified atom stereocenters. The summed E-state index contributed by atoms with van der Waals surface area (Å²) in [6, 6.07) is 1.93. The second-order valence-electron chi connectivity index (χ2n) is 5.05. The van der Waals surface area contributed by atoms with Gasteiger partial charge in [-0.25, -0.2) is 4.98 Å². The van der Waals surface area contributed by atoms with Crippen LogP contribution >= 0.6 is 0 Å². The van der Waals surface area contributed by atoms with Crippen LogP contribution in [0.5, 0.6) is 5.88 Å². The quantitative estimate of drug-likeness (QED) is 0.876. The third-order valence-electron chi connectivity index (χ3n) is 3.65. The lowest BCUT2D eigenvalue weighted by Crippen LogP contribution is -2.36. The summed E-state index contributed by atoms with van der Waals surface area (Å²) in [7, 11) is 1.65. The number of nitrogens with zero attached hydrogens (tertiary/aromatic N) is 3. The molecule has 1 aromatic rings. The van der Waals surface area contributed by atoms with Gasteiger partial charge in [-0.2, -0.15) is 4.98 Å². The predicted octanol–water partition coefficient (Wildman–Crippen LogP) is 1.62. The van der Waals surface area contributed by atoms with E-state index < -0.39 is 0 Å². The lowest BCUT2D eigenvalue weighted by Gasteiger charge is -2.30. The van der Waals surface area contributed by atoms with E-state index in [1.807, 2.05) is 13.0 Å².